The second-order valence-electron chi connectivity index (χ2n) is 3.52. The molecule has 1 rings (SSSR count). The standard InChI is InChI=1S/C10H18N2O2/c1-12(6-2-5-11)7-4-10-13-8-3-9-14-10/h10H,2-4,6-9H2,1H3. The van der Waals surface area contributed by atoms with Crippen LogP contribution in [0.5, 0.6) is 0 Å². The molecule has 0 N–H and O–H groups in total. The summed E-state index contributed by atoms with van der Waals surface area (Å²) in [6.45, 7) is 3.37. The van der Waals surface area contributed by atoms with Crippen LogP contribution in [0.3, 0.4) is 0 Å². The first-order valence-corrected chi connectivity index (χ1v) is 5.11. The molecule has 4 nitrogen and oxygen atoms in total. The van der Waals surface area contributed by atoms with Gasteiger partial charge >= 0.3 is 0 Å². The Labute approximate surface area is 85.4 Å². The van der Waals surface area contributed by atoms with E-state index in [1.54, 1.807) is 0 Å². The van der Waals surface area contributed by atoms with Crippen LogP contribution >= 0.6 is 0 Å². The lowest BCUT2D eigenvalue weighted by Crippen LogP contribution is -2.30. The third kappa shape index (κ3) is 4.56. The molecule has 0 saturated carbocycles. The maximum absolute atomic E-state index is 8.41. The average molecular weight is 198 g/mol. The first kappa shape index (κ1) is 11.4. The fourth-order valence-electron chi connectivity index (χ4n) is 1.38. The van der Waals surface area contributed by atoms with Crippen molar-refractivity contribution in [2.75, 3.05) is 33.4 Å². The predicted octanol–water partition coefficient (Wildman–Crippen LogP) is 0.985. The SMILES string of the molecule is CN(CCC#N)CCC1OCCCO1. The van der Waals surface area contributed by atoms with Gasteiger partial charge in [0.25, 0.3) is 0 Å². The second kappa shape index (κ2) is 6.77. The molecule has 0 atom stereocenters. The van der Waals surface area contributed by atoms with Gasteiger partial charge < -0.3 is 14.4 Å². The minimum atomic E-state index is -0.0340. The number of rotatable bonds is 5. The molecule has 1 aliphatic rings. The van der Waals surface area contributed by atoms with Crippen molar-refractivity contribution in [2.24, 2.45) is 0 Å². The van der Waals surface area contributed by atoms with Crippen molar-refractivity contribution in [3.05, 3.63) is 0 Å². The molecule has 0 bridgehead atoms. The monoisotopic (exact) mass is 198 g/mol. The van der Waals surface area contributed by atoms with Gasteiger partial charge in [-0.1, -0.05) is 0 Å². The lowest BCUT2D eigenvalue weighted by molar-refractivity contribution is -0.182. The average Bonchev–Trinajstić information content (AvgIpc) is 2.25. The maximum Gasteiger partial charge on any atom is 0.158 e. The molecule has 1 aliphatic heterocycles. The highest BCUT2D eigenvalue weighted by Gasteiger charge is 2.14. The summed E-state index contributed by atoms with van der Waals surface area (Å²) >= 11 is 0. The van der Waals surface area contributed by atoms with Crippen molar-refractivity contribution in [3.8, 4) is 6.07 Å². The molecule has 0 unspecified atom stereocenters. The van der Waals surface area contributed by atoms with Crippen molar-refractivity contribution in [2.45, 2.75) is 25.6 Å². The summed E-state index contributed by atoms with van der Waals surface area (Å²) < 4.78 is 10.8. The van der Waals surface area contributed by atoms with E-state index in [0.29, 0.717) is 6.42 Å². The van der Waals surface area contributed by atoms with Gasteiger partial charge in [0, 0.05) is 25.9 Å². The molecule has 0 aliphatic carbocycles. The van der Waals surface area contributed by atoms with Gasteiger partial charge in [0.05, 0.1) is 19.3 Å². The van der Waals surface area contributed by atoms with E-state index in [4.69, 9.17) is 14.7 Å². The van der Waals surface area contributed by atoms with Crippen LogP contribution in [0, 0.1) is 11.3 Å². The van der Waals surface area contributed by atoms with Gasteiger partial charge in [0.1, 0.15) is 0 Å². The summed E-state index contributed by atoms with van der Waals surface area (Å²) in [4.78, 5) is 2.13. The number of hydrogen-bond acceptors (Lipinski definition) is 4. The van der Waals surface area contributed by atoms with Crippen molar-refractivity contribution >= 4 is 0 Å². The zero-order valence-corrected chi connectivity index (χ0v) is 8.74. The molecule has 4 heteroatoms. The number of nitrogens with zero attached hydrogens (tertiary/aromatic N) is 2. The molecule has 1 fully saturated rings. The number of nitriles is 1. The van der Waals surface area contributed by atoms with Crippen molar-refractivity contribution < 1.29 is 9.47 Å². The zero-order valence-electron chi connectivity index (χ0n) is 8.74. The second-order valence-corrected chi connectivity index (χ2v) is 3.52. The highest BCUT2D eigenvalue weighted by Crippen LogP contribution is 2.08. The van der Waals surface area contributed by atoms with Crippen molar-refractivity contribution in [3.63, 3.8) is 0 Å². The van der Waals surface area contributed by atoms with E-state index in [2.05, 4.69) is 11.0 Å². The molecule has 80 valence electrons. The topological polar surface area (TPSA) is 45.5 Å². The molecular weight excluding hydrogens is 180 g/mol. The fourth-order valence-corrected chi connectivity index (χ4v) is 1.38. The molecule has 0 spiro atoms. The molecule has 0 aromatic rings. The summed E-state index contributed by atoms with van der Waals surface area (Å²) in [5.74, 6) is 0. The van der Waals surface area contributed by atoms with Gasteiger partial charge in [0.15, 0.2) is 6.29 Å². The summed E-state index contributed by atoms with van der Waals surface area (Å²) in [6, 6.07) is 2.13. The van der Waals surface area contributed by atoms with Crippen LogP contribution in [0.15, 0.2) is 0 Å². The Hall–Kier alpha value is -0.630. The van der Waals surface area contributed by atoms with Crippen LogP contribution in [-0.4, -0.2) is 44.5 Å². The van der Waals surface area contributed by atoms with E-state index in [0.717, 1.165) is 39.1 Å². The minimum Gasteiger partial charge on any atom is -0.353 e. The first-order valence-electron chi connectivity index (χ1n) is 5.11. The van der Waals surface area contributed by atoms with E-state index in [1.165, 1.54) is 0 Å². The molecule has 1 heterocycles. The number of hydrogen-bond donors (Lipinski definition) is 0. The minimum absolute atomic E-state index is 0.0340. The van der Waals surface area contributed by atoms with E-state index in [9.17, 15) is 0 Å². The Balaban J connectivity index is 2.03. The molecule has 1 saturated heterocycles. The normalized spacial score (nSPS) is 18.4. The Morgan fingerprint density at radius 2 is 2.07 bits per heavy atom. The summed E-state index contributed by atoms with van der Waals surface area (Å²) in [5.41, 5.74) is 0. The van der Waals surface area contributed by atoms with Gasteiger partial charge in [-0.25, -0.2) is 0 Å². The summed E-state index contributed by atoms with van der Waals surface area (Å²) in [5, 5.41) is 8.41. The molecular formula is C10H18N2O2. The Kier molecular flexibility index (Phi) is 5.53. The lowest BCUT2D eigenvalue weighted by atomic mass is 10.3. The highest BCUT2D eigenvalue weighted by atomic mass is 16.7. The van der Waals surface area contributed by atoms with Gasteiger partial charge in [-0.15, -0.1) is 0 Å². The Morgan fingerprint density at radius 1 is 1.36 bits per heavy atom. The summed E-state index contributed by atoms with van der Waals surface area (Å²) in [7, 11) is 2.01. The van der Waals surface area contributed by atoms with Crippen molar-refractivity contribution in [1.82, 2.24) is 4.90 Å². The third-order valence-electron chi connectivity index (χ3n) is 2.25. The fraction of sp³-hybridized carbons (Fsp3) is 0.900. The Morgan fingerprint density at radius 3 is 2.71 bits per heavy atom. The number of ether oxygens (including phenoxy) is 2. The van der Waals surface area contributed by atoms with Crippen LogP contribution < -0.4 is 0 Å². The molecule has 0 amide bonds. The van der Waals surface area contributed by atoms with Crippen LogP contribution in [0.1, 0.15) is 19.3 Å². The van der Waals surface area contributed by atoms with E-state index >= 15 is 0 Å². The Bertz CT molecular complexity index is 185. The van der Waals surface area contributed by atoms with Crippen LogP contribution in [0.2, 0.25) is 0 Å². The predicted molar refractivity (Wildman–Crippen MR) is 52.7 cm³/mol. The summed E-state index contributed by atoms with van der Waals surface area (Å²) in [6.07, 6.45) is 2.44. The molecule has 14 heavy (non-hydrogen) atoms. The lowest BCUT2D eigenvalue weighted by Gasteiger charge is -2.25. The maximum atomic E-state index is 8.41. The van der Waals surface area contributed by atoms with Gasteiger partial charge in [0.2, 0.25) is 0 Å². The smallest absolute Gasteiger partial charge is 0.158 e. The zero-order chi connectivity index (χ0) is 10.2. The van der Waals surface area contributed by atoms with Crippen LogP contribution in [0.25, 0.3) is 0 Å². The molecule has 0 aromatic carbocycles. The van der Waals surface area contributed by atoms with E-state index < -0.39 is 0 Å². The molecule has 0 aromatic heterocycles. The molecule has 0 radical (unpaired) electrons. The van der Waals surface area contributed by atoms with Crippen LogP contribution in [0.4, 0.5) is 0 Å². The highest BCUT2D eigenvalue weighted by molar-refractivity contribution is 4.71. The van der Waals surface area contributed by atoms with Gasteiger partial charge in [-0.05, 0) is 13.5 Å². The third-order valence-corrected chi connectivity index (χ3v) is 2.25. The first-order chi connectivity index (χ1) is 6.83. The van der Waals surface area contributed by atoms with E-state index in [1.807, 2.05) is 7.05 Å². The quantitative estimate of drug-likeness (QED) is 0.660. The largest absolute Gasteiger partial charge is 0.353 e. The van der Waals surface area contributed by atoms with E-state index in [-0.39, 0.29) is 6.29 Å². The van der Waals surface area contributed by atoms with Gasteiger partial charge in [-0.2, -0.15) is 5.26 Å². The van der Waals surface area contributed by atoms with Crippen molar-refractivity contribution in [1.29, 1.82) is 5.26 Å². The van der Waals surface area contributed by atoms with Gasteiger partial charge in [-0.3, -0.25) is 0 Å². The van der Waals surface area contributed by atoms with Crippen LogP contribution in [-0.2, 0) is 9.47 Å².